The number of nitrogens with one attached hydrogen (secondary N) is 1. The van der Waals surface area contributed by atoms with E-state index in [0.29, 0.717) is 24.5 Å². The topological polar surface area (TPSA) is 47.6 Å². The lowest BCUT2D eigenvalue weighted by Gasteiger charge is -2.30. The molecule has 1 aliphatic carbocycles. The van der Waals surface area contributed by atoms with E-state index in [1.165, 1.54) is 18.4 Å². The highest BCUT2D eigenvalue weighted by Crippen LogP contribution is 2.41. The van der Waals surface area contributed by atoms with Crippen LogP contribution in [0.3, 0.4) is 0 Å². The molecule has 1 N–H and O–H groups in total. The number of hydrogen-bond donors (Lipinski definition) is 1. The molecule has 2 aromatic rings. The fourth-order valence-corrected chi connectivity index (χ4v) is 3.84. The maximum atomic E-state index is 12.8. The fourth-order valence-electron chi connectivity index (χ4n) is 3.84. The summed E-state index contributed by atoms with van der Waals surface area (Å²) in [6.07, 6.45) is 4.56. The number of carbonyl (C=O) groups excluding carboxylic acids is 1. The fraction of sp³-hybridized carbons (Fsp3) is 0.409. The maximum absolute atomic E-state index is 12.8. The monoisotopic (exact) mass is 353 g/mol. The number of rotatable bonds is 7. The lowest BCUT2D eigenvalue weighted by molar-refractivity contribution is 0.0939. The molecular formula is C22H27NO3. The van der Waals surface area contributed by atoms with Crippen molar-refractivity contribution in [3.8, 4) is 11.5 Å². The summed E-state index contributed by atoms with van der Waals surface area (Å²) in [7, 11) is 1.68. The van der Waals surface area contributed by atoms with Crippen LogP contribution >= 0.6 is 0 Å². The molecule has 1 aliphatic rings. The Morgan fingerprint density at radius 3 is 2.42 bits per heavy atom. The molecule has 3 rings (SSSR count). The summed E-state index contributed by atoms with van der Waals surface area (Å²) in [5, 5.41) is 3.16. The van der Waals surface area contributed by atoms with Gasteiger partial charge in [-0.15, -0.1) is 0 Å². The molecule has 138 valence electrons. The Morgan fingerprint density at radius 2 is 1.77 bits per heavy atom. The number of hydrogen-bond acceptors (Lipinski definition) is 3. The standard InChI is InChI=1S/C22H27NO3/c1-3-26-20-9-5-4-8-19(20)21(24)23-16-22(14-6-7-15-22)17-10-12-18(25-2)13-11-17/h4-5,8-13H,3,6-7,14-16H2,1-2H3,(H,23,24). The first-order chi connectivity index (χ1) is 12.7. The molecule has 0 spiro atoms. The molecule has 0 aromatic heterocycles. The van der Waals surface area contributed by atoms with Gasteiger partial charge in [-0.05, 0) is 49.6 Å². The minimum absolute atomic E-state index is 0.00247. The van der Waals surface area contributed by atoms with E-state index in [2.05, 4.69) is 17.4 Å². The van der Waals surface area contributed by atoms with E-state index in [1.807, 2.05) is 43.3 Å². The zero-order chi connectivity index (χ0) is 18.4. The highest BCUT2D eigenvalue weighted by Gasteiger charge is 2.36. The molecule has 0 bridgehead atoms. The highest BCUT2D eigenvalue weighted by atomic mass is 16.5. The SMILES string of the molecule is CCOc1ccccc1C(=O)NCC1(c2ccc(OC)cc2)CCCC1. The van der Waals surface area contributed by atoms with Gasteiger partial charge in [-0.2, -0.15) is 0 Å². The number of ether oxygens (including phenoxy) is 2. The number of carbonyl (C=O) groups is 1. The zero-order valence-electron chi connectivity index (χ0n) is 15.6. The van der Waals surface area contributed by atoms with Crippen LogP contribution in [0.4, 0.5) is 0 Å². The Balaban J connectivity index is 1.76. The second-order valence-corrected chi connectivity index (χ2v) is 6.83. The number of methoxy groups -OCH3 is 1. The predicted octanol–water partition coefficient (Wildman–Crippen LogP) is 4.34. The molecule has 1 saturated carbocycles. The summed E-state index contributed by atoms with van der Waals surface area (Å²) in [4.78, 5) is 12.8. The van der Waals surface area contributed by atoms with Crippen molar-refractivity contribution >= 4 is 5.91 Å². The van der Waals surface area contributed by atoms with Gasteiger partial charge in [0, 0.05) is 12.0 Å². The van der Waals surface area contributed by atoms with E-state index in [-0.39, 0.29) is 11.3 Å². The van der Waals surface area contributed by atoms with Crippen molar-refractivity contribution in [1.29, 1.82) is 0 Å². The minimum atomic E-state index is -0.0752. The molecule has 2 aromatic carbocycles. The lowest BCUT2D eigenvalue weighted by Crippen LogP contribution is -2.39. The van der Waals surface area contributed by atoms with Crippen LogP contribution in [0.25, 0.3) is 0 Å². The summed E-state index contributed by atoms with van der Waals surface area (Å²) in [6.45, 7) is 3.10. The number of amides is 1. The molecule has 0 saturated heterocycles. The first kappa shape index (κ1) is 18.3. The first-order valence-corrected chi connectivity index (χ1v) is 9.33. The average molecular weight is 353 g/mol. The largest absolute Gasteiger partial charge is 0.497 e. The van der Waals surface area contributed by atoms with Crippen LogP contribution in [0.2, 0.25) is 0 Å². The Labute approximate surface area is 155 Å². The minimum Gasteiger partial charge on any atom is -0.497 e. The number of para-hydroxylation sites is 1. The Hall–Kier alpha value is -2.49. The number of benzene rings is 2. The van der Waals surface area contributed by atoms with Crippen molar-refractivity contribution in [2.24, 2.45) is 0 Å². The molecule has 4 heteroatoms. The second kappa shape index (κ2) is 8.26. The van der Waals surface area contributed by atoms with Crippen LogP contribution in [0.5, 0.6) is 11.5 Å². The van der Waals surface area contributed by atoms with E-state index in [4.69, 9.17) is 9.47 Å². The van der Waals surface area contributed by atoms with E-state index in [0.717, 1.165) is 18.6 Å². The van der Waals surface area contributed by atoms with Crippen molar-refractivity contribution in [3.05, 3.63) is 59.7 Å². The third-order valence-corrected chi connectivity index (χ3v) is 5.28. The Bertz CT molecular complexity index is 733. The third-order valence-electron chi connectivity index (χ3n) is 5.28. The summed E-state index contributed by atoms with van der Waals surface area (Å²) < 4.78 is 10.9. The first-order valence-electron chi connectivity index (χ1n) is 9.33. The maximum Gasteiger partial charge on any atom is 0.255 e. The lowest BCUT2D eigenvalue weighted by atomic mass is 9.78. The van der Waals surface area contributed by atoms with Gasteiger partial charge in [0.2, 0.25) is 0 Å². The molecule has 0 unspecified atom stereocenters. The Kier molecular flexibility index (Phi) is 5.82. The van der Waals surface area contributed by atoms with E-state index < -0.39 is 0 Å². The van der Waals surface area contributed by atoms with Crippen LogP contribution in [0.15, 0.2) is 48.5 Å². The van der Waals surface area contributed by atoms with Crippen molar-refractivity contribution in [2.45, 2.75) is 38.0 Å². The van der Waals surface area contributed by atoms with E-state index in [1.54, 1.807) is 7.11 Å². The summed E-state index contributed by atoms with van der Waals surface area (Å²) in [5.74, 6) is 1.42. The molecule has 0 atom stereocenters. The van der Waals surface area contributed by atoms with E-state index in [9.17, 15) is 4.79 Å². The van der Waals surface area contributed by atoms with Crippen molar-refractivity contribution < 1.29 is 14.3 Å². The molecule has 4 nitrogen and oxygen atoms in total. The van der Waals surface area contributed by atoms with Gasteiger partial charge < -0.3 is 14.8 Å². The van der Waals surface area contributed by atoms with Gasteiger partial charge >= 0.3 is 0 Å². The van der Waals surface area contributed by atoms with Crippen LogP contribution < -0.4 is 14.8 Å². The normalized spacial score (nSPS) is 15.5. The molecule has 26 heavy (non-hydrogen) atoms. The molecule has 0 heterocycles. The predicted molar refractivity (Wildman–Crippen MR) is 103 cm³/mol. The summed E-state index contributed by atoms with van der Waals surface area (Å²) in [6, 6.07) is 15.7. The summed E-state index contributed by atoms with van der Waals surface area (Å²) in [5.41, 5.74) is 1.87. The molecular weight excluding hydrogens is 326 g/mol. The van der Waals surface area contributed by atoms with Crippen LogP contribution in [-0.2, 0) is 5.41 Å². The third kappa shape index (κ3) is 3.85. The quantitative estimate of drug-likeness (QED) is 0.806. The van der Waals surface area contributed by atoms with Crippen molar-refractivity contribution in [1.82, 2.24) is 5.32 Å². The van der Waals surface area contributed by atoms with Crippen LogP contribution in [-0.4, -0.2) is 26.2 Å². The molecule has 1 fully saturated rings. The van der Waals surface area contributed by atoms with Gasteiger partial charge in [0.1, 0.15) is 11.5 Å². The van der Waals surface area contributed by atoms with Gasteiger partial charge in [-0.25, -0.2) is 0 Å². The van der Waals surface area contributed by atoms with Gasteiger partial charge in [0.05, 0.1) is 19.3 Å². The van der Waals surface area contributed by atoms with E-state index >= 15 is 0 Å². The van der Waals surface area contributed by atoms with Gasteiger partial charge in [-0.3, -0.25) is 4.79 Å². The van der Waals surface area contributed by atoms with Gasteiger partial charge in [-0.1, -0.05) is 37.1 Å². The second-order valence-electron chi connectivity index (χ2n) is 6.83. The van der Waals surface area contributed by atoms with Gasteiger partial charge in [0.25, 0.3) is 5.91 Å². The van der Waals surface area contributed by atoms with Crippen molar-refractivity contribution in [2.75, 3.05) is 20.3 Å². The van der Waals surface area contributed by atoms with Crippen LogP contribution in [0.1, 0.15) is 48.5 Å². The van der Waals surface area contributed by atoms with Crippen molar-refractivity contribution in [3.63, 3.8) is 0 Å². The Morgan fingerprint density at radius 1 is 1.08 bits per heavy atom. The van der Waals surface area contributed by atoms with Gasteiger partial charge in [0.15, 0.2) is 0 Å². The zero-order valence-corrected chi connectivity index (χ0v) is 15.6. The molecule has 0 radical (unpaired) electrons. The summed E-state index contributed by atoms with van der Waals surface area (Å²) >= 11 is 0. The van der Waals surface area contributed by atoms with Crippen LogP contribution in [0, 0.1) is 0 Å². The smallest absolute Gasteiger partial charge is 0.255 e. The average Bonchev–Trinajstić information content (AvgIpc) is 3.17. The molecule has 1 amide bonds. The molecule has 0 aliphatic heterocycles. The highest BCUT2D eigenvalue weighted by molar-refractivity contribution is 5.97.